The first-order valence-electron chi connectivity index (χ1n) is 6.05. The van der Waals surface area contributed by atoms with Gasteiger partial charge in [0, 0.05) is 24.5 Å². The Morgan fingerprint density at radius 2 is 2.37 bits per heavy atom. The summed E-state index contributed by atoms with van der Waals surface area (Å²) in [5.41, 5.74) is 1.76. The molecule has 0 bridgehead atoms. The van der Waals surface area contributed by atoms with Gasteiger partial charge in [-0.2, -0.15) is 0 Å². The Morgan fingerprint density at radius 3 is 3.05 bits per heavy atom. The van der Waals surface area contributed by atoms with Gasteiger partial charge in [-0.3, -0.25) is 9.78 Å². The molecule has 1 aliphatic rings. The van der Waals surface area contributed by atoms with Gasteiger partial charge in [-0.15, -0.1) is 0 Å². The third-order valence-electron chi connectivity index (χ3n) is 3.43. The Balaban J connectivity index is 2.07. The first kappa shape index (κ1) is 12.2. The van der Waals surface area contributed by atoms with Gasteiger partial charge in [0.1, 0.15) is 5.82 Å². The van der Waals surface area contributed by atoms with Crippen molar-refractivity contribution in [1.82, 2.24) is 14.5 Å². The zero-order chi connectivity index (χ0) is 13.4. The lowest BCUT2D eigenvalue weighted by molar-refractivity contribution is -0.142. The van der Waals surface area contributed by atoms with Crippen molar-refractivity contribution in [2.45, 2.75) is 19.4 Å². The highest BCUT2D eigenvalue weighted by Crippen LogP contribution is 2.31. The number of carbonyl (C=O) groups is 1. The van der Waals surface area contributed by atoms with Crippen LogP contribution in [0.3, 0.4) is 0 Å². The Hall–Kier alpha value is -1.88. The van der Waals surface area contributed by atoms with Crippen molar-refractivity contribution in [3.05, 3.63) is 35.4 Å². The van der Waals surface area contributed by atoms with Crippen molar-refractivity contribution in [2.75, 3.05) is 0 Å². The van der Waals surface area contributed by atoms with E-state index in [1.165, 1.54) is 0 Å². The van der Waals surface area contributed by atoms with E-state index in [1.807, 2.05) is 16.7 Å². The number of pyridine rings is 1. The van der Waals surface area contributed by atoms with Gasteiger partial charge >= 0.3 is 5.97 Å². The molecule has 0 aliphatic carbocycles. The van der Waals surface area contributed by atoms with Crippen molar-refractivity contribution in [2.24, 2.45) is 5.92 Å². The molecule has 1 atom stereocenters. The predicted molar refractivity (Wildman–Crippen MR) is 69.9 cm³/mol. The minimum atomic E-state index is -0.771. The van der Waals surface area contributed by atoms with E-state index >= 15 is 0 Å². The van der Waals surface area contributed by atoms with E-state index in [2.05, 4.69) is 9.97 Å². The monoisotopic (exact) mass is 277 g/mol. The van der Waals surface area contributed by atoms with Gasteiger partial charge in [0.15, 0.2) is 5.15 Å². The molecule has 0 saturated carbocycles. The smallest absolute Gasteiger partial charge is 0.308 e. The summed E-state index contributed by atoms with van der Waals surface area (Å²) in [4.78, 5) is 19.6. The highest BCUT2D eigenvalue weighted by atomic mass is 35.5. The first-order chi connectivity index (χ1) is 9.16. The molecule has 5 nitrogen and oxygen atoms in total. The molecule has 0 amide bonds. The van der Waals surface area contributed by atoms with Gasteiger partial charge in [0.05, 0.1) is 11.6 Å². The first-order valence-corrected chi connectivity index (χ1v) is 6.42. The fraction of sp³-hybridized carbons (Fsp3) is 0.308. The largest absolute Gasteiger partial charge is 0.481 e. The van der Waals surface area contributed by atoms with E-state index in [0.717, 1.165) is 11.3 Å². The number of aliphatic carboxylic acids is 1. The summed E-state index contributed by atoms with van der Waals surface area (Å²) in [5.74, 6) is -0.458. The zero-order valence-electron chi connectivity index (χ0n) is 10.1. The maximum absolute atomic E-state index is 11.1. The van der Waals surface area contributed by atoms with Crippen LogP contribution in [0.25, 0.3) is 11.4 Å². The van der Waals surface area contributed by atoms with Crippen molar-refractivity contribution >= 4 is 17.6 Å². The van der Waals surface area contributed by atoms with Crippen LogP contribution in [0.1, 0.15) is 12.1 Å². The van der Waals surface area contributed by atoms with Gasteiger partial charge < -0.3 is 9.67 Å². The summed E-state index contributed by atoms with van der Waals surface area (Å²) in [7, 11) is 0. The highest BCUT2D eigenvalue weighted by molar-refractivity contribution is 6.30. The minimum Gasteiger partial charge on any atom is -0.481 e. The lowest BCUT2D eigenvalue weighted by atomic mass is 9.98. The number of carboxylic acid groups (broad SMARTS) is 1. The number of hydrogen-bond acceptors (Lipinski definition) is 3. The second-order valence-electron chi connectivity index (χ2n) is 4.60. The summed E-state index contributed by atoms with van der Waals surface area (Å²) in [6.07, 6.45) is 4.64. The van der Waals surface area contributed by atoms with Crippen LogP contribution in [-0.4, -0.2) is 25.6 Å². The van der Waals surface area contributed by atoms with Crippen LogP contribution in [0, 0.1) is 5.92 Å². The van der Waals surface area contributed by atoms with E-state index in [-0.39, 0.29) is 5.92 Å². The minimum absolute atomic E-state index is 0.381. The van der Waals surface area contributed by atoms with Crippen LogP contribution in [0.4, 0.5) is 0 Å². The Kier molecular flexibility index (Phi) is 2.98. The van der Waals surface area contributed by atoms with Crippen molar-refractivity contribution in [3.8, 4) is 11.4 Å². The second kappa shape index (κ2) is 4.66. The third-order valence-corrected chi connectivity index (χ3v) is 3.73. The normalized spacial score (nSPS) is 18.1. The SMILES string of the molecule is O=C(O)C1CCc2c(Cl)nc(-c3cccnc3)n2C1. The molecule has 3 rings (SSSR count). The molecule has 0 aromatic carbocycles. The Bertz CT molecular complexity index is 624. The Morgan fingerprint density at radius 1 is 1.53 bits per heavy atom. The molecule has 2 aromatic heterocycles. The van der Waals surface area contributed by atoms with E-state index < -0.39 is 5.97 Å². The summed E-state index contributed by atoms with van der Waals surface area (Å²) in [5, 5.41) is 9.61. The molecule has 3 heterocycles. The van der Waals surface area contributed by atoms with Crippen LogP contribution >= 0.6 is 11.6 Å². The molecule has 2 aromatic rings. The summed E-state index contributed by atoms with van der Waals surface area (Å²) in [6, 6.07) is 3.71. The maximum Gasteiger partial charge on any atom is 0.308 e. The van der Waals surface area contributed by atoms with Crippen molar-refractivity contribution in [3.63, 3.8) is 0 Å². The zero-order valence-corrected chi connectivity index (χ0v) is 10.8. The lowest BCUT2D eigenvalue weighted by Crippen LogP contribution is -2.26. The van der Waals surface area contributed by atoms with Gasteiger partial charge in [0.2, 0.25) is 0 Å². The maximum atomic E-state index is 11.1. The molecule has 1 N–H and O–H groups in total. The molecule has 98 valence electrons. The molecule has 1 unspecified atom stereocenters. The molecule has 19 heavy (non-hydrogen) atoms. The molecule has 6 heteroatoms. The quantitative estimate of drug-likeness (QED) is 0.914. The van der Waals surface area contributed by atoms with Gasteiger partial charge in [-0.1, -0.05) is 11.6 Å². The molecule has 0 spiro atoms. The number of imidazole rings is 1. The topological polar surface area (TPSA) is 68.0 Å². The molecule has 0 radical (unpaired) electrons. The summed E-state index contributed by atoms with van der Waals surface area (Å²) >= 11 is 6.14. The van der Waals surface area contributed by atoms with E-state index in [0.29, 0.717) is 30.4 Å². The number of carboxylic acids is 1. The van der Waals surface area contributed by atoms with Crippen LogP contribution < -0.4 is 0 Å². The fourth-order valence-electron chi connectivity index (χ4n) is 2.43. The second-order valence-corrected chi connectivity index (χ2v) is 4.96. The van der Waals surface area contributed by atoms with Crippen molar-refractivity contribution < 1.29 is 9.90 Å². The number of halogens is 1. The number of nitrogens with zero attached hydrogens (tertiary/aromatic N) is 3. The van der Waals surface area contributed by atoms with E-state index in [1.54, 1.807) is 12.4 Å². The van der Waals surface area contributed by atoms with Crippen LogP contribution in [-0.2, 0) is 17.8 Å². The molecular weight excluding hydrogens is 266 g/mol. The summed E-state index contributed by atoms with van der Waals surface area (Å²) < 4.78 is 1.90. The molecule has 1 aliphatic heterocycles. The van der Waals surface area contributed by atoms with E-state index in [4.69, 9.17) is 16.7 Å². The van der Waals surface area contributed by atoms with Gasteiger partial charge in [-0.05, 0) is 25.0 Å². The molecular formula is C13H12ClN3O2. The Labute approximate surface area is 114 Å². The standard InChI is InChI=1S/C13H12ClN3O2/c14-11-10-4-3-9(13(18)19)7-17(10)12(16-11)8-2-1-5-15-6-8/h1-2,5-6,9H,3-4,7H2,(H,18,19). The third kappa shape index (κ3) is 2.10. The average Bonchev–Trinajstić information content (AvgIpc) is 2.77. The molecule has 0 fully saturated rings. The molecule has 0 saturated heterocycles. The van der Waals surface area contributed by atoms with Crippen LogP contribution in [0.5, 0.6) is 0 Å². The number of aromatic nitrogens is 3. The van der Waals surface area contributed by atoms with Crippen LogP contribution in [0.2, 0.25) is 5.15 Å². The van der Waals surface area contributed by atoms with Crippen LogP contribution in [0.15, 0.2) is 24.5 Å². The highest BCUT2D eigenvalue weighted by Gasteiger charge is 2.28. The van der Waals surface area contributed by atoms with Gasteiger partial charge in [-0.25, -0.2) is 4.98 Å². The van der Waals surface area contributed by atoms with Crippen molar-refractivity contribution in [1.29, 1.82) is 0 Å². The number of fused-ring (bicyclic) bond motifs is 1. The average molecular weight is 278 g/mol. The predicted octanol–water partition coefficient (Wildman–Crippen LogP) is 2.25. The van der Waals surface area contributed by atoms with Gasteiger partial charge in [0.25, 0.3) is 0 Å². The summed E-state index contributed by atoms with van der Waals surface area (Å²) in [6.45, 7) is 0.411. The van der Waals surface area contributed by atoms with E-state index in [9.17, 15) is 4.79 Å². The number of hydrogen-bond donors (Lipinski definition) is 1. The number of rotatable bonds is 2. The fourth-order valence-corrected chi connectivity index (χ4v) is 2.71. The lowest BCUT2D eigenvalue weighted by Gasteiger charge is -2.22.